The Morgan fingerprint density at radius 2 is 1.25 bits per heavy atom. The Balaban J connectivity index is 0.000000166. The van der Waals surface area contributed by atoms with E-state index in [-0.39, 0.29) is 23.6 Å². The Kier molecular flexibility index (Phi) is 8.60. The second-order valence-electron chi connectivity index (χ2n) is 12.7. The highest BCUT2D eigenvalue weighted by Gasteiger charge is 2.37. The second kappa shape index (κ2) is 13.0. The van der Waals surface area contributed by atoms with Gasteiger partial charge in [-0.05, 0) is 93.6 Å². The fraction of sp³-hybridized carbons (Fsp3) is 0.146. The van der Waals surface area contributed by atoms with E-state index in [0.29, 0.717) is 29.2 Å². The maximum Gasteiger partial charge on any atom is 0.416 e. The highest BCUT2D eigenvalue weighted by molar-refractivity contribution is 5.96. The summed E-state index contributed by atoms with van der Waals surface area (Å²) in [7, 11) is 0. The first-order valence-electron chi connectivity index (χ1n) is 16.2. The van der Waals surface area contributed by atoms with E-state index in [4.69, 9.17) is 5.73 Å². The molecule has 0 saturated heterocycles. The number of carboxylic acid groups (broad SMARTS) is 1. The molecular weight excluding hydrogens is 680 g/mol. The molecule has 52 heavy (non-hydrogen) atoms. The fourth-order valence-corrected chi connectivity index (χ4v) is 6.99. The van der Waals surface area contributed by atoms with Crippen LogP contribution < -0.4 is 5.73 Å². The number of nitrogen functional groups attached to an aromatic ring is 1. The molecule has 0 saturated carbocycles. The Bertz CT molecular complexity index is 2350. The van der Waals surface area contributed by atoms with Crippen LogP contribution in [0, 0.1) is 6.92 Å². The molecule has 0 fully saturated rings. The van der Waals surface area contributed by atoms with Crippen LogP contribution in [0.3, 0.4) is 0 Å². The van der Waals surface area contributed by atoms with Crippen molar-refractivity contribution in [3.63, 3.8) is 0 Å². The number of nitrogens with two attached hydrogens (primary N) is 1. The number of aromatic carboxylic acids is 1. The third-order valence-corrected chi connectivity index (χ3v) is 9.41. The van der Waals surface area contributed by atoms with Crippen LogP contribution in [0.15, 0.2) is 103 Å². The van der Waals surface area contributed by atoms with Gasteiger partial charge in [-0.15, -0.1) is 0 Å². The zero-order valence-electron chi connectivity index (χ0n) is 27.5. The molecule has 0 unspecified atom stereocenters. The Hall–Kier alpha value is -5.97. The summed E-state index contributed by atoms with van der Waals surface area (Å²) < 4.78 is 78.6. The highest BCUT2D eigenvalue weighted by Crippen LogP contribution is 2.43. The molecule has 262 valence electrons. The summed E-state index contributed by atoms with van der Waals surface area (Å²) in [5.74, 6) is -0.439. The molecule has 0 spiro atoms. The molecule has 0 radical (unpaired) electrons. The van der Waals surface area contributed by atoms with Gasteiger partial charge in [0.15, 0.2) is 0 Å². The van der Waals surface area contributed by atoms with Crippen LogP contribution in [0.1, 0.15) is 60.7 Å². The average molecular weight is 710 g/mol. The van der Waals surface area contributed by atoms with Gasteiger partial charge >= 0.3 is 18.3 Å². The molecule has 6 aromatic rings. The van der Waals surface area contributed by atoms with Crippen molar-refractivity contribution < 1.29 is 36.2 Å². The maximum absolute atomic E-state index is 13.1. The van der Waals surface area contributed by atoms with E-state index >= 15 is 0 Å². The van der Waals surface area contributed by atoms with Crippen molar-refractivity contribution in [2.45, 2.75) is 38.5 Å². The SMILES string of the molecule is Cc1ncc(C(=O)O)c(-c2cccc3c2Cc2ccccc2-3)n1.Nc1c(Cc2cc(C(F)(F)F)cc(C(F)(F)F)c2)ccc2c1Cc1ccccc1-2. The summed E-state index contributed by atoms with van der Waals surface area (Å²) in [5.41, 5.74) is 14.6. The van der Waals surface area contributed by atoms with E-state index in [2.05, 4.69) is 28.2 Å². The lowest BCUT2D eigenvalue weighted by atomic mass is 9.95. The van der Waals surface area contributed by atoms with Crippen molar-refractivity contribution in [2.75, 3.05) is 5.73 Å². The van der Waals surface area contributed by atoms with E-state index in [1.807, 2.05) is 54.6 Å². The van der Waals surface area contributed by atoms with E-state index in [0.717, 1.165) is 57.5 Å². The van der Waals surface area contributed by atoms with Crippen LogP contribution >= 0.6 is 0 Å². The molecule has 8 rings (SSSR count). The first kappa shape index (κ1) is 34.5. The molecule has 0 bridgehead atoms. The van der Waals surface area contributed by atoms with Crippen LogP contribution in [0.25, 0.3) is 33.5 Å². The summed E-state index contributed by atoms with van der Waals surface area (Å²) >= 11 is 0. The minimum atomic E-state index is -4.87. The van der Waals surface area contributed by atoms with Crippen molar-refractivity contribution in [2.24, 2.45) is 0 Å². The maximum atomic E-state index is 13.1. The first-order valence-corrected chi connectivity index (χ1v) is 16.2. The number of hydrogen-bond donors (Lipinski definition) is 2. The number of aromatic nitrogens is 2. The minimum absolute atomic E-state index is 0.0886. The number of carboxylic acids is 1. The zero-order chi connectivity index (χ0) is 36.9. The van der Waals surface area contributed by atoms with Crippen LogP contribution in [-0.2, 0) is 31.6 Å². The molecule has 1 heterocycles. The monoisotopic (exact) mass is 709 g/mol. The van der Waals surface area contributed by atoms with Crippen LogP contribution in [0.5, 0.6) is 0 Å². The summed E-state index contributed by atoms with van der Waals surface area (Å²) in [6.07, 6.45) is -7.10. The Labute approximate surface area is 294 Å². The van der Waals surface area contributed by atoms with E-state index in [1.54, 1.807) is 13.0 Å². The molecule has 3 N–H and O–H groups in total. The van der Waals surface area contributed by atoms with Crippen molar-refractivity contribution >= 4 is 11.7 Å². The van der Waals surface area contributed by atoms with Gasteiger partial charge in [-0.3, -0.25) is 0 Å². The third kappa shape index (κ3) is 6.50. The van der Waals surface area contributed by atoms with Gasteiger partial charge in [-0.1, -0.05) is 78.9 Å². The summed E-state index contributed by atoms with van der Waals surface area (Å²) in [6, 6.07) is 27.1. The molecular formula is C41H29F6N3O2. The quantitative estimate of drug-likeness (QED) is 0.140. The fourth-order valence-electron chi connectivity index (χ4n) is 6.99. The largest absolute Gasteiger partial charge is 0.478 e. The van der Waals surface area contributed by atoms with Crippen molar-refractivity contribution in [3.05, 3.63) is 159 Å². The summed E-state index contributed by atoms with van der Waals surface area (Å²) in [5, 5.41) is 9.46. The van der Waals surface area contributed by atoms with Crippen molar-refractivity contribution in [1.82, 2.24) is 9.97 Å². The number of nitrogens with zero attached hydrogens (tertiary/aromatic N) is 2. The van der Waals surface area contributed by atoms with Gasteiger partial charge in [0.25, 0.3) is 0 Å². The average Bonchev–Trinajstić information content (AvgIpc) is 3.68. The van der Waals surface area contributed by atoms with Crippen molar-refractivity contribution in [3.8, 4) is 33.5 Å². The molecule has 5 nitrogen and oxygen atoms in total. The molecule has 2 aliphatic carbocycles. The molecule has 2 aliphatic rings. The molecule has 11 heteroatoms. The van der Waals surface area contributed by atoms with Gasteiger partial charge in [0, 0.05) is 23.9 Å². The molecule has 1 aromatic heterocycles. The number of halogens is 6. The number of anilines is 1. The lowest BCUT2D eigenvalue weighted by molar-refractivity contribution is -0.143. The van der Waals surface area contributed by atoms with Crippen LogP contribution in [0.4, 0.5) is 32.0 Å². The van der Waals surface area contributed by atoms with Gasteiger partial charge in [0.05, 0.1) is 16.8 Å². The van der Waals surface area contributed by atoms with E-state index < -0.39 is 29.4 Å². The normalized spacial score (nSPS) is 12.7. The molecule has 0 amide bonds. The summed E-state index contributed by atoms with van der Waals surface area (Å²) in [6.45, 7) is 1.77. The van der Waals surface area contributed by atoms with Gasteiger partial charge in [-0.25, -0.2) is 14.8 Å². The molecule has 5 aromatic carbocycles. The number of alkyl halides is 6. The summed E-state index contributed by atoms with van der Waals surface area (Å²) in [4.78, 5) is 20.0. The number of carbonyl (C=O) groups is 1. The van der Waals surface area contributed by atoms with Gasteiger partial charge < -0.3 is 10.8 Å². The standard InChI is InChI=1S/C22H15F6N.C19H14N2O2/c23-21(24,25)15-8-12(9-16(11-15)22(26,27)28)7-14-5-6-18-17-4-2-1-3-13(17)10-19(18)20(14)29;1-11-20-10-17(19(22)23)18(21-11)15-8-4-7-14-13-6-3-2-5-12(13)9-16(14)15/h1-6,8-9,11H,7,10,29H2;2-8,10H,9H2,1H3,(H,22,23). The Morgan fingerprint density at radius 3 is 1.85 bits per heavy atom. The number of aryl methyl sites for hydroxylation is 1. The van der Waals surface area contributed by atoms with Crippen LogP contribution in [0.2, 0.25) is 0 Å². The number of fused-ring (bicyclic) bond motifs is 6. The van der Waals surface area contributed by atoms with Crippen LogP contribution in [-0.4, -0.2) is 21.0 Å². The third-order valence-electron chi connectivity index (χ3n) is 9.41. The van der Waals surface area contributed by atoms with Crippen molar-refractivity contribution in [1.29, 1.82) is 0 Å². The van der Waals surface area contributed by atoms with Gasteiger partial charge in [-0.2, -0.15) is 26.3 Å². The lowest BCUT2D eigenvalue weighted by Gasteiger charge is -2.16. The smallest absolute Gasteiger partial charge is 0.416 e. The predicted octanol–water partition coefficient (Wildman–Crippen LogP) is 10.2. The predicted molar refractivity (Wildman–Crippen MR) is 186 cm³/mol. The highest BCUT2D eigenvalue weighted by atomic mass is 19.4. The lowest BCUT2D eigenvalue weighted by Crippen LogP contribution is -2.12. The minimum Gasteiger partial charge on any atom is -0.478 e. The molecule has 0 aliphatic heterocycles. The number of benzene rings is 5. The second-order valence-corrected chi connectivity index (χ2v) is 12.7. The topological polar surface area (TPSA) is 89.1 Å². The Morgan fingerprint density at radius 1 is 0.712 bits per heavy atom. The van der Waals surface area contributed by atoms with E-state index in [9.17, 15) is 36.2 Å². The zero-order valence-corrected chi connectivity index (χ0v) is 27.5. The van der Waals surface area contributed by atoms with Gasteiger partial charge in [0.2, 0.25) is 0 Å². The molecule has 0 atom stereocenters. The number of rotatable bonds is 4. The first-order chi connectivity index (χ1) is 24.7. The van der Waals surface area contributed by atoms with Gasteiger partial charge in [0.1, 0.15) is 11.4 Å². The number of hydrogen-bond acceptors (Lipinski definition) is 4. The van der Waals surface area contributed by atoms with E-state index in [1.165, 1.54) is 17.3 Å².